The molecular formula is C25H23N4O4+. The van der Waals surface area contributed by atoms with Gasteiger partial charge in [-0.15, -0.1) is 0 Å². The van der Waals surface area contributed by atoms with Crippen molar-refractivity contribution in [2.75, 3.05) is 13.1 Å². The van der Waals surface area contributed by atoms with Gasteiger partial charge in [-0.25, -0.2) is 14.8 Å². The number of nitrogens with zero attached hydrogens (tertiary/aromatic N) is 3. The van der Waals surface area contributed by atoms with Gasteiger partial charge in [0.05, 0.1) is 25.7 Å². The second-order valence-corrected chi connectivity index (χ2v) is 8.51. The topological polar surface area (TPSA) is 112 Å². The molecule has 0 aliphatic carbocycles. The zero-order valence-corrected chi connectivity index (χ0v) is 17.9. The fourth-order valence-corrected chi connectivity index (χ4v) is 4.89. The summed E-state index contributed by atoms with van der Waals surface area (Å²) in [7, 11) is 0. The molecule has 2 aliphatic rings. The Hall–Kier alpha value is -3.91. The number of esters is 1. The van der Waals surface area contributed by atoms with Crippen molar-refractivity contribution in [3.8, 4) is 0 Å². The number of ketones is 1. The van der Waals surface area contributed by atoms with Crippen LogP contribution in [0, 0.1) is 0 Å². The van der Waals surface area contributed by atoms with Crippen LogP contribution in [0.2, 0.25) is 0 Å². The molecule has 1 saturated heterocycles. The van der Waals surface area contributed by atoms with E-state index < -0.39 is 11.6 Å². The summed E-state index contributed by atoms with van der Waals surface area (Å²) in [5, 5.41) is 0. The quantitative estimate of drug-likeness (QED) is 0.378. The summed E-state index contributed by atoms with van der Waals surface area (Å²) >= 11 is 0. The molecule has 0 unspecified atom stereocenters. The van der Waals surface area contributed by atoms with E-state index in [1.807, 2.05) is 30.3 Å². The van der Waals surface area contributed by atoms with Gasteiger partial charge in [-0.2, -0.15) is 4.48 Å². The molecule has 33 heavy (non-hydrogen) atoms. The number of hydrogen-bond donors (Lipinski definition) is 1. The molecule has 0 radical (unpaired) electrons. The molecule has 5 rings (SSSR count). The summed E-state index contributed by atoms with van der Waals surface area (Å²) in [4.78, 5) is 46.3. The molecule has 8 heteroatoms. The molecule has 1 fully saturated rings. The Morgan fingerprint density at radius 3 is 2.30 bits per heavy atom. The first-order valence-electron chi connectivity index (χ1n) is 10.8. The number of rotatable bonds is 3. The lowest BCUT2D eigenvalue weighted by Crippen LogP contribution is -2.64. The molecule has 3 heterocycles. The van der Waals surface area contributed by atoms with E-state index in [9.17, 15) is 14.4 Å². The molecule has 0 saturated carbocycles. The lowest BCUT2D eigenvalue weighted by Gasteiger charge is -2.46. The highest BCUT2D eigenvalue weighted by atomic mass is 16.6. The van der Waals surface area contributed by atoms with Crippen LogP contribution in [-0.4, -0.2) is 40.8 Å². The minimum atomic E-state index is -0.778. The highest BCUT2D eigenvalue weighted by Gasteiger charge is 2.53. The Bertz CT molecular complexity index is 1230. The molecule has 0 atom stereocenters. The Kier molecular flexibility index (Phi) is 5.02. The first kappa shape index (κ1) is 21.0. The lowest BCUT2D eigenvalue weighted by atomic mass is 9.78. The lowest BCUT2D eigenvalue weighted by molar-refractivity contribution is -0.168. The Morgan fingerprint density at radius 1 is 0.939 bits per heavy atom. The van der Waals surface area contributed by atoms with Crippen LogP contribution < -0.4 is 10.2 Å². The van der Waals surface area contributed by atoms with Crippen LogP contribution >= 0.6 is 0 Å². The number of hydrogen-bond acceptors (Lipinski definition) is 6. The summed E-state index contributed by atoms with van der Waals surface area (Å²) in [5.74, 6) is -0.141. The molecule has 1 spiro atoms. The fraction of sp³-hybridized carbons (Fsp3) is 0.240. The van der Waals surface area contributed by atoms with E-state index in [4.69, 9.17) is 10.5 Å². The number of carbonyl (C=O) groups excluding carboxylic acids is 3. The van der Waals surface area contributed by atoms with Gasteiger partial charge in [-0.1, -0.05) is 54.6 Å². The van der Waals surface area contributed by atoms with Crippen molar-refractivity contribution < 1.29 is 19.1 Å². The molecule has 0 bridgehead atoms. The van der Waals surface area contributed by atoms with E-state index >= 15 is 0 Å². The first-order chi connectivity index (χ1) is 15.9. The van der Waals surface area contributed by atoms with E-state index in [-0.39, 0.29) is 28.4 Å². The third-order valence-electron chi connectivity index (χ3n) is 6.71. The number of benzene rings is 2. The number of aromatic nitrogens is 2. The number of piperidine rings is 1. The van der Waals surface area contributed by atoms with E-state index in [1.54, 1.807) is 24.3 Å². The van der Waals surface area contributed by atoms with Crippen LogP contribution in [0.4, 0.5) is 10.6 Å². The number of quaternary nitrogens is 1. The highest BCUT2D eigenvalue weighted by Crippen LogP contribution is 2.44. The second kappa shape index (κ2) is 7.90. The Labute approximate surface area is 190 Å². The number of carbonyl (C=O) groups is 3. The molecule has 2 aliphatic heterocycles. The number of likely N-dealkylation sites (tertiary alicyclic amines) is 1. The average molecular weight is 443 g/mol. The van der Waals surface area contributed by atoms with E-state index in [0.29, 0.717) is 37.3 Å². The number of fused-ring (bicyclic) bond motifs is 2. The van der Waals surface area contributed by atoms with Gasteiger partial charge in [0.1, 0.15) is 17.5 Å². The molecule has 8 nitrogen and oxygen atoms in total. The summed E-state index contributed by atoms with van der Waals surface area (Å²) in [6.07, 6.45) is 3.92. The molecular weight excluding hydrogens is 420 g/mol. The molecule has 2 aromatic carbocycles. The predicted octanol–water partition coefficient (Wildman–Crippen LogP) is 2.88. The van der Waals surface area contributed by atoms with Crippen molar-refractivity contribution in [3.05, 3.63) is 89.4 Å². The van der Waals surface area contributed by atoms with Crippen molar-refractivity contribution in [1.82, 2.24) is 14.5 Å². The number of urea groups is 1. The second-order valence-electron chi connectivity index (χ2n) is 8.51. The standard InChI is InChI=1S/C25H22N4O4/c26-24(32)29(21-16-27-20(15-28-21)23(31)17-6-2-1-3-7-17)12-10-25(11-13-29)19-9-5-4-8-18(19)14-22(30)33-25/h1-9,15-16H,10-14H2,(H-,26,32)/p+1. The van der Waals surface area contributed by atoms with E-state index in [0.717, 1.165) is 11.1 Å². The van der Waals surface area contributed by atoms with Crippen molar-refractivity contribution >= 4 is 23.6 Å². The number of primary amides is 1. The van der Waals surface area contributed by atoms with Gasteiger partial charge in [0.15, 0.2) is 0 Å². The Balaban J connectivity index is 1.43. The third kappa shape index (κ3) is 3.48. The van der Waals surface area contributed by atoms with Gasteiger partial charge in [0.25, 0.3) is 5.82 Å². The van der Waals surface area contributed by atoms with Crippen LogP contribution in [0.1, 0.15) is 40.0 Å². The molecule has 2 N–H and O–H groups in total. The largest absolute Gasteiger partial charge is 0.453 e. The molecule has 2 amide bonds. The smallest absolute Gasteiger partial charge is 0.420 e. The first-order valence-corrected chi connectivity index (χ1v) is 10.8. The van der Waals surface area contributed by atoms with Crippen LogP contribution in [0.3, 0.4) is 0 Å². The van der Waals surface area contributed by atoms with E-state index in [1.165, 1.54) is 12.4 Å². The summed E-state index contributed by atoms with van der Waals surface area (Å²) in [5.41, 5.74) is 7.72. The minimum absolute atomic E-state index is 0.191. The van der Waals surface area contributed by atoms with Crippen molar-refractivity contribution in [1.29, 1.82) is 0 Å². The highest BCUT2D eigenvalue weighted by molar-refractivity contribution is 6.07. The maximum absolute atomic E-state index is 12.7. The van der Waals surface area contributed by atoms with Gasteiger partial charge in [-0.3, -0.25) is 9.59 Å². The van der Waals surface area contributed by atoms with Gasteiger partial charge in [0.2, 0.25) is 5.78 Å². The van der Waals surface area contributed by atoms with Crippen LogP contribution in [-0.2, 0) is 21.6 Å². The van der Waals surface area contributed by atoms with Gasteiger partial charge in [0, 0.05) is 18.4 Å². The van der Waals surface area contributed by atoms with Gasteiger partial charge in [-0.05, 0) is 11.1 Å². The van der Waals surface area contributed by atoms with Crippen molar-refractivity contribution in [3.63, 3.8) is 0 Å². The van der Waals surface area contributed by atoms with Gasteiger partial charge < -0.3 is 10.5 Å². The molecule has 3 aromatic rings. The maximum atomic E-state index is 12.7. The zero-order chi connectivity index (χ0) is 23.1. The normalized spacial score (nSPS) is 24.1. The fourth-order valence-electron chi connectivity index (χ4n) is 4.89. The van der Waals surface area contributed by atoms with Gasteiger partial charge >= 0.3 is 12.0 Å². The molecule has 1 aromatic heterocycles. The number of ether oxygens (including phenoxy) is 1. The number of nitrogens with two attached hydrogens (primary N) is 1. The average Bonchev–Trinajstić information content (AvgIpc) is 2.85. The summed E-state index contributed by atoms with van der Waals surface area (Å²) in [6, 6.07) is 16.0. The predicted molar refractivity (Wildman–Crippen MR) is 120 cm³/mol. The Morgan fingerprint density at radius 2 is 1.64 bits per heavy atom. The number of amides is 2. The summed E-state index contributed by atoms with van der Waals surface area (Å²) in [6.45, 7) is 0.606. The minimum Gasteiger partial charge on any atom is -0.453 e. The summed E-state index contributed by atoms with van der Waals surface area (Å²) < 4.78 is 5.65. The van der Waals surface area contributed by atoms with Crippen molar-refractivity contribution in [2.45, 2.75) is 24.9 Å². The SMILES string of the molecule is NC(=O)[N+]1(c2cnc(C(=O)c3ccccc3)cn2)CCC2(CC1)OC(=O)Cc1ccccc12. The molecule has 166 valence electrons. The maximum Gasteiger partial charge on any atom is 0.420 e. The van der Waals surface area contributed by atoms with Crippen LogP contribution in [0.15, 0.2) is 67.0 Å². The van der Waals surface area contributed by atoms with Crippen LogP contribution in [0.5, 0.6) is 0 Å². The van der Waals surface area contributed by atoms with Crippen molar-refractivity contribution in [2.24, 2.45) is 5.73 Å². The van der Waals surface area contributed by atoms with Crippen LogP contribution in [0.25, 0.3) is 0 Å². The third-order valence-corrected chi connectivity index (χ3v) is 6.71. The van der Waals surface area contributed by atoms with E-state index in [2.05, 4.69) is 9.97 Å². The zero-order valence-electron chi connectivity index (χ0n) is 17.9. The monoisotopic (exact) mass is 443 g/mol.